The second-order valence-electron chi connectivity index (χ2n) is 7.21. The molecular formula is C23H23N5O2. The molecule has 2 N–H and O–H groups in total. The molecule has 0 aliphatic heterocycles. The first-order valence-electron chi connectivity index (χ1n) is 9.65. The Hall–Kier alpha value is -3.87. The van der Waals surface area contributed by atoms with Crippen LogP contribution < -0.4 is 10.1 Å². The van der Waals surface area contributed by atoms with Gasteiger partial charge in [0, 0.05) is 25.4 Å². The number of benzene rings is 2. The van der Waals surface area contributed by atoms with Crippen LogP contribution >= 0.6 is 0 Å². The van der Waals surface area contributed by atoms with Gasteiger partial charge in [-0.25, -0.2) is 0 Å². The van der Waals surface area contributed by atoms with Crippen LogP contribution in [0.1, 0.15) is 27.3 Å². The maximum atomic E-state index is 12.5. The number of carbonyl (C=O) groups is 1. The van der Waals surface area contributed by atoms with Crippen molar-refractivity contribution in [2.75, 3.05) is 0 Å². The largest absolute Gasteiger partial charge is 0.457 e. The number of nitrogens with zero attached hydrogens (tertiary/aromatic N) is 3. The zero-order valence-electron chi connectivity index (χ0n) is 17.1. The number of aryl methyl sites for hydroxylation is 3. The summed E-state index contributed by atoms with van der Waals surface area (Å²) < 4.78 is 7.56. The number of rotatable bonds is 6. The SMILES string of the molecule is Cc1ccc(Oc2ccc(CNC(=O)c3cc(-c4cn(C)nc4C)n[nH]3)cc2)cc1. The van der Waals surface area contributed by atoms with Gasteiger partial charge >= 0.3 is 0 Å². The van der Waals surface area contributed by atoms with Gasteiger partial charge in [-0.05, 0) is 49.7 Å². The van der Waals surface area contributed by atoms with Gasteiger partial charge in [0.15, 0.2) is 0 Å². The molecule has 0 bridgehead atoms. The van der Waals surface area contributed by atoms with E-state index in [1.165, 1.54) is 5.56 Å². The third kappa shape index (κ3) is 4.41. The van der Waals surface area contributed by atoms with Crippen molar-refractivity contribution < 1.29 is 9.53 Å². The van der Waals surface area contributed by atoms with E-state index in [0.29, 0.717) is 17.9 Å². The molecule has 0 saturated carbocycles. The second kappa shape index (κ2) is 8.24. The van der Waals surface area contributed by atoms with Crippen LogP contribution in [0.4, 0.5) is 0 Å². The van der Waals surface area contributed by atoms with Gasteiger partial charge in [-0.2, -0.15) is 10.2 Å². The number of ether oxygens (including phenoxy) is 1. The van der Waals surface area contributed by atoms with Gasteiger partial charge < -0.3 is 10.1 Å². The molecule has 4 rings (SSSR count). The standard InChI is InChI=1S/C23H23N5O2/c1-15-4-8-18(9-5-15)30-19-10-6-17(7-11-19)13-24-23(29)22-12-21(25-26-22)20-14-28(3)27-16(20)2/h4-12,14H,13H2,1-3H3,(H,24,29)(H,25,26). The maximum Gasteiger partial charge on any atom is 0.269 e. The summed E-state index contributed by atoms with van der Waals surface area (Å²) in [5, 5.41) is 14.2. The molecule has 7 heteroatoms. The number of amides is 1. The molecule has 0 aliphatic carbocycles. The Morgan fingerprint density at radius 3 is 2.37 bits per heavy atom. The lowest BCUT2D eigenvalue weighted by Gasteiger charge is -2.08. The normalized spacial score (nSPS) is 10.8. The van der Waals surface area contributed by atoms with Crippen LogP contribution in [0.15, 0.2) is 60.8 Å². The van der Waals surface area contributed by atoms with E-state index >= 15 is 0 Å². The minimum Gasteiger partial charge on any atom is -0.457 e. The lowest BCUT2D eigenvalue weighted by atomic mass is 10.2. The molecule has 2 heterocycles. The summed E-state index contributed by atoms with van der Waals surface area (Å²) in [4.78, 5) is 12.5. The van der Waals surface area contributed by atoms with Crippen LogP contribution in [0.2, 0.25) is 0 Å². The van der Waals surface area contributed by atoms with Gasteiger partial charge in [0.2, 0.25) is 0 Å². The van der Waals surface area contributed by atoms with Crippen molar-refractivity contribution >= 4 is 5.91 Å². The first-order chi connectivity index (χ1) is 14.5. The number of hydrogen-bond acceptors (Lipinski definition) is 4. The molecule has 7 nitrogen and oxygen atoms in total. The number of hydrogen-bond donors (Lipinski definition) is 2. The van der Waals surface area contributed by atoms with E-state index in [1.807, 2.05) is 75.6 Å². The third-order valence-electron chi connectivity index (χ3n) is 4.75. The van der Waals surface area contributed by atoms with E-state index in [-0.39, 0.29) is 5.91 Å². The lowest BCUT2D eigenvalue weighted by molar-refractivity contribution is 0.0946. The fraction of sp³-hybridized carbons (Fsp3) is 0.174. The van der Waals surface area contributed by atoms with Gasteiger partial charge in [0.1, 0.15) is 17.2 Å². The molecule has 0 aliphatic rings. The van der Waals surface area contributed by atoms with Crippen LogP contribution in [-0.4, -0.2) is 25.9 Å². The van der Waals surface area contributed by atoms with Crippen molar-refractivity contribution in [1.29, 1.82) is 0 Å². The number of H-pyrrole nitrogens is 1. The number of nitrogens with one attached hydrogen (secondary N) is 2. The zero-order chi connectivity index (χ0) is 21.1. The van der Waals surface area contributed by atoms with Crippen LogP contribution in [-0.2, 0) is 13.6 Å². The van der Waals surface area contributed by atoms with E-state index < -0.39 is 0 Å². The zero-order valence-corrected chi connectivity index (χ0v) is 17.1. The summed E-state index contributed by atoms with van der Waals surface area (Å²) in [7, 11) is 1.86. The quantitative estimate of drug-likeness (QED) is 0.508. The van der Waals surface area contributed by atoms with Crippen molar-refractivity contribution in [2.45, 2.75) is 20.4 Å². The van der Waals surface area contributed by atoms with Crippen LogP contribution in [0, 0.1) is 13.8 Å². The summed E-state index contributed by atoms with van der Waals surface area (Å²) in [6, 6.07) is 17.3. The van der Waals surface area contributed by atoms with Gasteiger partial charge in [0.05, 0.1) is 11.4 Å². The molecule has 0 unspecified atom stereocenters. The van der Waals surface area contributed by atoms with Gasteiger partial charge in [-0.1, -0.05) is 29.8 Å². The predicted octanol–water partition coefficient (Wildman–Crippen LogP) is 4.15. The van der Waals surface area contributed by atoms with Crippen molar-refractivity contribution in [3.8, 4) is 22.8 Å². The molecule has 2 aromatic carbocycles. The van der Waals surface area contributed by atoms with E-state index in [2.05, 4.69) is 20.6 Å². The minimum atomic E-state index is -0.213. The summed E-state index contributed by atoms with van der Waals surface area (Å²) in [6.45, 7) is 4.36. The predicted molar refractivity (Wildman–Crippen MR) is 114 cm³/mol. The average Bonchev–Trinajstić information content (AvgIpc) is 3.35. The topological polar surface area (TPSA) is 84.8 Å². The Morgan fingerprint density at radius 1 is 1.07 bits per heavy atom. The number of carbonyl (C=O) groups excluding carboxylic acids is 1. The van der Waals surface area contributed by atoms with E-state index in [4.69, 9.17) is 4.74 Å². The van der Waals surface area contributed by atoms with Crippen LogP contribution in [0.3, 0.4) is 0 Å². The van der Waals surface area contributed by atoms with Crippen molar-refractivity contribution in [1.82, 2.24) is 25.3 Å². The summed E-state index contributed by atoms with van der Waals surface area (Å²) in [5.74, 6) is 1.33. The molecule has 2 aromatic heterocycles. The van der Waals surface area contributed by atoms with E-state index in [1.54, 1.807) is 10.7 Å². The molecule has 0 atom stereocenters. The Kier molecular flexibility index (Phi) is 5.34. The molecule has 0 fully saturated rings. The second-order valence-corrected chi connectivity index (χ2v) is 7.21. The minimum absolute atomic E-state index is 0.213. The van der Waals surface area contributed by atoms with Gasteiger partial charge in [-0.3, -0.25) is 14.6 Å². The highest BCUT2D eigenvalue weighted by Gasteiger charge is 2.14. The fourth-order valence-electron chi connectivity index (χ4n) is 3.12. The molecule has 0 spiro atoms. The molecule has 0 saturated heterocycles. The van der Waals surface area contributed by atoms with Crippen molar-refractivity contribution in [3.05, 3.63) is 83.3 Å². The number of aromatic nitrogens is 4. The first-order valence-corrected chi connectivity index (χ1v) is 9.65. The highest BCUT2D eigenvalue weighted by molar-refractivity contribution is 5.93. The van der Waals surface area contributed by atoms with Crippen LogP contribution in [0.25, 0.3) is 11.3 Å². The molecule has 1 amide bonds. The Balaban J connectivity index is 1.35. The summed E-state index contributed by atoms with van der Waals surface area (Å²) >= 11 is 0. The fourth-order valence-corrected chi connectivity index (χ4v) is 3.12. The smallest absolute Gasteiger partial charge is 0.269 e. The Bertz CT molecular complexity index is 1160. The van der Waals surface area contributed by atoms with E-state index in [0.717, 1.165) is 28.3 Å². The van der Waals surface area contributed by atoms with Gasteiger partial charge in [-0.15, -0.1) is 0 Å². The third-order valence-corrected chi connectivity index (χ3v) is 4.75. The Morgan fingerprint density at radius 2 is 1.73 bits per heavy atom. The summed E-state index contributed by atoms with van der Waals surface area (Å²) in [6.07, 6.45) is 1.88. The average molecular weight is 401 g/mol. The molecule has 0 radical (unpaired) electrons. The van der Waals surface area contributed by atoms with Gasteiger partial charge in [0.25, 0.3) is 5.91 Å². The molecule has 30 heavy (non-hydrogen) atoms. The molecule has 4 aromatic rings. The number of aromatic amines is 1. The van der Waals surface area contributed by atoms with E-state index in [9.17, 15) is 4.79 Å². The highest BCUT2D eigenvalue weighted by Crippen LogP contribution is 2.22. The van der Waals surface area contributed by atoms with Crippen LogP contribution in [0.5, 0.6) is 11.5 Å². The van der Waals surface area contributed by atoms with Crippen molar-refractivity contribution in [3.63, 3.8) is 0 Å². The molecule has 152 valence electrons. The monoisotopic (exact) mass is 401 g/mol. The molecular weight excluding hydrogens is 378 g/mol. The highest BCUT2D eigenvalue weighted by atomic mass is 16.5. The lowest BCUT2D eigenvalue weighted by Crippen LogP contribution is -2.23. The Labute approximate surface area is 174 Å². The van der Waals surface area contributed by atoms with Crippen molar-refractivity contribution in [2.24, 2.45) is 7.05 Å². The maximum absolute atomic E-state index is 12.5. The first kappa shape index (κ1) is 19.4. The summed E-state index contributed by atoms with van der Waals surface area (Å²) in [5.41, 5.74) is 5.03.